The number of ether oxygens (including phenoxy) is 2. The van der Waals surface area contributed by atoms with Crippen LogP contribution in [-0.2, 0) is 22.5 Å². The Labute approximate surface area is 161 Å². The molecule has 0 aliphatic carbocycles. The van der Waals surface area contributed by atoms with Crippen LogP contribution in [-0.4, -0.2) is 33.0 Å². The molecule has 2 aliphatic heterocycles. The number of aromatic nitrogens is 3. The molecule has 0 amide bonds. The van der Waals surface area contributed by atoms with Crippen molar-refractivity contribution in [3.05, 3.63) is 45.1 Å². The number of cyclic esters (lactones) is 1. The summed E-state index contributed by atoms with van der Waals surface area (Å²) in [7, 11) is 1.55. The van der Waals surface area contributed by atoms with E-state index >= 15 is 0 Å². The summed E-state index contributed by atoms with van der Waals surface area (Å²) in [6.07, 6.45) is 2.25. The van der Waals surface area contributed by atoms with Gasteiger partial charge in [-0.2, -0.15) is 5.10 Å². The highest BCUT2D eigenvalue weighted by atomic mass is 35.5. The van der Waals surface area contributed by atoms with E-state index in [0.717, 1.165) is 18.4 Å². The van der Waals surface area contributed by atoms with E-state index < -0.39 is 11.6 Å². The molecule has 1 aromatic heterocycles. The quantitative estimate of drug-likeness (QED) is 0.752. The van der Waals surface area contributed by atoms with Gasteiger partial charge in [0.25, 0.3) is 0 Å². The van der Waals surface area contributed by atoms with Gasteiger partial charge in [-0.15, -0.1) is 0 Å². The molecule has 1 aromatic carbocycles. The number of rotatable bonds is 3. The van der Waals surface area contributed by atoms with Gasteiger partial charge in [0.1, 0.15) is 23.2 Å². The van der Waals surface area contributed by atoms with E-state index in [1.54, 1.807) is 19.2 Å². The Bertz CT molecular complexity index is 962. The van der Waals surface area contributed by atoms with Crippen LogP contribution in [0.15, 0.2) is 23.0 Å². The number of benzene rings is 1. The second-order valence-electron chi connectivity index (χ2n) is 7.82. The molecule has 8 heteroatoms. The summed E-state index contributed by atoms with van der Waals surface area (Å²) in [6, 6.07) is 4.78. The third kappa shape index (κ3) is 3.14. The predicted octanol–water partition coefficient (Wildman–Crippen LogP) is 2.58. The van der Waals surface area contributed by atoms with Gasteiger partial charge in [-0.25, -0.2) is 14.3 Å². The van der Waals surface area contributed by atoms with Crippen molar-refractivity contribution in [2.45, 2.75) is 51.3 Å². The van der Waals surface area contributed by atoms with Crippen LogP contribution >= 0.6 is 11.6 Å². The maximum atomic E-state index is 13.0. The summed E-state index contributed by atoms with van der Waals surface area (Å²) in [4.78, 5) is 25.6. The van der Waals surface area contributed by atoms with Crippen LogP contribution in [0.4, 0.5) is 0 Å². The first-order valence-electron chi connectivity index (χ1n) is 9.02. The van der Waals surface area contributed by atoms with Crippen molar-refractivity contribution in [1.82, 2.24) is 14.3 Å². The highest BCUT2D eigenvalue weighted by Gasteiger charge is 2.47. The van der Waals surface area contributed by atoms with Crippen molar-refractivity contribution in [1.29, 1.82) is 0 Å². The highest BCUT2D eigenvalue weighted by Crippen LogP contribution is 2.41. The van der Waals surface area contributed by atoms with Crippen molar-refractivity contribution in [3.8, 4) is 5.75 Å². The number of halogens is 1. The van der Waals surface area contributed by atoms with Crippen molar-refractivity contribution in [2.24, 2.45) is 5.92 Å². The van der Waals surface area contributed by atoms with Crippen LogP contribution in [0, 0.1) is 5.92 Å². The van der Waals surface area contributed by atoms with Gasteiger partial charge in [0.15, 0.2) is 0 Å². The number of nitrogens with zero attached hydrogens (tertiary/aromatic N) is 3. The highest BCUT2D eigenvalue weighted by molar-refractivity contribution is 6.32. The number of aryl methyl sites for hydroxylation is 1. The lowest BCUT2D eigenvalue weighted by molar-refractivity contribution is -0.175. The minimum atomic E-state index is -0.581. The standard InChI is InChI=1S/C19H22ClN3O4/c1-19(2)9-12-5-7-15-21-22(18(25)23(15)16(12)17(24)27-19)10-11-4-6-14(26-3)13(20)8-11/h4,6,8,12,16H,5,7,9-10H2,1-3H3. The molecule has 0 radical (unpaired) electrons. The van der Waals surface area contributed by atoms with Gasteiger partial charge in [0.2, 0.25) is 0 Å². The number of carbonyl (C=O) groups is 1. The first kappa shape index (κ1) is 18.1. The molecule has 2 aliphatic rings. The van der Waals surface area contributed by atoms with Gasteiger partial charge in [-0.1, -0.05) is 17.7 Å². The normalized spacial score (nSPS) is 23.3. The largest absolute Gasteiger partial charge is 0.495 e. The third-order valence-electron chi connectivity index (χ3n) is 5.33. The zero-order valence-corrected chi connectivity index (χ0v) is 16.3. The van der Waals surface area contributed by atoms with Gasteiger partial charge in [-0.3, -0.25) is 4.57 Å². The monoisotopic (exact) mass is 391 g/mol. The Kier molecular flexibility index (Phi) is 4.29. The van der Waals surface area contributed by atoms with Gasteiger partial charge in [-0.05, 0) is 50.3 Å². The van der Waals surface area contributed by atoms with Gasteiger partial charge >= 0.3 is 11.7 Å². The van der Waals surface area contributed by atoms with Crippen LogP contribution in [0.5, 0.6) is 5.75 Å². The topological polar surface area (TPSA) is 75.4 Å². The molecule has 0 N–H and O–H groups in total. The van der Waals surface area contributed by atoms with E-state index in [0.29, 0.717) is 23.0 Å². The maximum absolute atomic E-state index is 13.0. The second-order valence-corrected chi connectivity index (χ2v) is 8.23. The third-order valence-corrected chi connectivity index (χ3v) is 5.62. The molecule has 1 saturated heterocycles. The molecule has 0 bridgehead atoms. The zero-order valence-electron chi connectivity index (χ0n) is 15.6. The number of methoxy groups -OCH3 is 1. The molecule has 144 valence electrons. The molecular weight excluding hydrogens is 370 g/mol. The Morgan fingerprint density at radius 3 is 2.85 bits per heavy atom. The van der Waals surface area contributed by atoms with Crippen molar-refractivity contribution >= 4 is 17.6 Å². The molecule has 2 aromatic rings. The minimum Gasteiger partial charge on any atom is -0.495 e. The first-order valence-corrected chi connectivity index (χ1v) is 9.40. The van der Waals surface area contributed by atoms with Gasteiger partial charge in [0.05, 0.1) is 18.7 Å². The average Bonchev–Trinajstić information content (AvgIpc) is 2.90. The maximum Gasteiger partial charge on any atom is 0.347 e. The molecule has 27 heavy (non-hydrogen) atoms. The van der Waals surface area contributed by atoms with E-state index in [1.807, 2.05) is 19.9 Å². The smallest absolute Gasteiger partial charge is 0.347 e. The van der Waals surface area contributed by atoms with E-state index in [-0.39, 0.29) is 24.1 Å². The van der Waals surface area contributed by atoms with E-state index in [1.165, 1.54) is 9.25 Å². The Hall–Kier alpha value is -2.28. The van der Waals surface area contributed by atoms with Crippen LogP contribution in [0.3, 0.4) is 0 Å². The van der Waals surface area contributed by atoms with E-state index in [4.69, 9.17) is 21.1 Å². The SMILES string of the molecule is COc1ccc(Cn2nc3n(c2=O)C2C(=O)OC(C)(C)CC2CC3)cc1Cl. The van der Waals surface area contributed by atoms with Crippen molar-refractivity contribution in [2.75, 3.05) is 7.11 Å². The summed E-state index contributed by atoms with van der Waals surface area (Å²) in [6.45, 7) is 4.10. The Morgan fingerprint density at radius 2 is 2.15 bits per heavy atom. The number of hydrogen-bond donors (Lipinski definition) is 0. The summed E-state index contributed by atoms with van der Waals surface area (Å²) in [5.74, 6) is 0.968. The minimum absolute atomic E-state index is 0.0968. The van der Waals surface area contributed by atoms with Crippen LogP contribution in [0.2, 0.25) is 5.02 Å². The number of fused-ring (bicyclic) bond motifs is 3. The lowest BCUT2D eigenvalue weighted by Crippen LogP contribution is -2.49. The lowest BCUT2D eigenvalue weighted by atomic mass is 9.80. The summed E-state index contributed by atoms with van der Waals surface area (Å²) in [5.41, 5.74) is 0.0559. The second kappa shape index (κ2) is 6.41. The zero-order chi connectivity index (χ0) is 19.3. The Morgan fingerprint density at radius 1 is 1.37 bits per heavy atom. The predicted molar refractivity (Wildman–Crippen MR) is 99.2 cm³/mol. The molecule has 2 atom stereocenters. The molecule has 0 saturated carbocycles. The summed E-state index contributed by atoms with van der Waals surface area (Å²) < 4.78 is 13.6. The molecule has 1 fully saturated rings. The summed E-state index contributed by atoms with van der Waals surface area (Å²) in [5, 5.41) is 4.94. The van der Waals surface area contributed by atoms with Crippen LogP contribution < -0.4 is 10.4 Å². The van der Waals surface area contributed by atoms with Gasteiger partial charge in [0, 0.05) is 6.42 Å². The molecule has 3 heterocycles. The fourth-order valence-electron chi connectivity index (χ4n) is 4.20. The van der Waals surface area contributed by atoms with Crippen LogP contribution in [0.1, 0.15) is 44.1 Å². The van der Waals surface area contributed by atoms with E-state index in [2.05, 4.69) is 5.10 Å². The number of esters is 1. The van der Waals surface area contributed by atoms with Crippen molar-refractivity contribution < 1.29 is 14.3 Å². The number of hydrogen-bond acceptors (Lipinski definition) is 5. The lowest BCUT2D eigenvalue weighted by Gasteiger charge is -2.41. The number of carbonyl (C=O) groups excluding carboxylic acids is 1. The molecule has 2 unspecified atom stereocenters. The van der Waals surface area contributed by atoms with Gasteiger partial charge < -0.3 is 9.47 Å². The van der Waals surface area contributed by atoms with E-state index in [9.17, 15) is 9.59 Å². The first-order chi connectivity index (χ1) is 12.8. The van der Waals surface area contributed by atoms with Crippen molar-refractivity contribution in [3.63, 3.8) is 0 Å². The van der Waals surface area contributed by atoms with Crippen LogP contribution in [0.25, 0.3) is 0 Å². The average molecular weight is 392 g/mol. The molecule has 7 nitrogen and oxygen atoms in total. The summed E-state index contributed by atoms with van der Waals surface area (Å²) >= 11 is 6.17. The molecule has 0 spiro atoms. The molecular formula is C19H22ClN3O4. The fourth-order valence-corrected chi connectivity index (χ4v) is 4.48. The molecule has 4 rings (SSSR count). The Balaban J connectivity index is 1.67. The fraction of sp³-hybridized carbons (Fsp3) is 0.526.